The van der Waals surface area contributed by atoms with Crippen molar-refractivity contribution in [1.29, 1.82) is 0 Å². The molecule has 1 aliphatic carbocycles. The van der Waals surface area contributed by atoms with Crippen LogP contribution in [-0.4, -0.2) is 53.5 Å². The normalized spacial score (nSPS) is 31.8. The first-order valence-corrected chi connectivity index (χ1v) is 9.96. The van der Waals surface area contributed by atoms with Crippen molar-refractivity contribution >= 4 is 5.97 Å². The van der Waals surface area contributed by atoms with E-state index in [1.54, 1.807) is 13.0 Å². The Balaban J connectivity index is 1.59. The van der Waals surface area contributed by atoms with Crippen molar-refractivity contribution in [2.45, 2.75) is 95.9 Å². The smallest absolute Gasteiger partial charge is 0.330 e. The molecule has 1 unspecified atom stereocenters. The quantitative estimate of drug-likeness (QED) is 0.505. The van der Waals surface area contributed by atoms with E-state index >= 15 is 0 Å². The van der Waals surface area contributed by atoms with E-state index in [1.807, 2.05) is 6.92 Å². The van der Waals surface area contributed by atoms with Gasteiger partial charge in [-0.25, -0.2) is 4.79 Å². The Morgan fingerprint density at radius 3 is 2.69 bits per heavy atom. The van der Waals surface area contributed by atoms with Crippen LogP contribution in [-0.2, 0) is 19.0 Å². The fourth-order valence-electron chi connectivity index (χ4n) is 3.48. The molecule has 0 amide bonds. The zero-order chi connectivity index (χ0) is 18.9. The molecular formula is C20H34O6. The molecule has 0 spiro atoms. The number of allylic oxidation sites excluding steroid dienone is 1. The number of aliphatic hydroxyl groups is 2. The van der Waals surface area contributed by atoms with Crippen LogP contribution in [0.3, 0.4) is 0 Å². The first-order valence-electron chi connectivity index (χ1n) is 9.96. The highest BCUT2D eigenvalue weighted by Crippen LogP contribution is 2.24. The third-order valence-corrected chi connectivity index (χ3v) is 5.23. The van der Waals surface area contributed by atoms with E-state index in [4.69, 9.17) is 14.2 Å². The van der Waals surface area contributed by atoms with Crippen LogP contribution >= 0.6 is 0 Å². The molecule has 0 aromatic heterocycles. The van der Waals surface area contributed by atoms with Gasteiger partial charge < -0.3 is 24.4 Å². The van der Waals surface area contributed by atoms with Crippen LogP contribution in [0.5, 0.6) is 0 Å². The second-order valence-electron chi connectivity index (χ2n) is 7.64. The second-order valence-corrected chi connectivity index (χ2v) is 7.64. The highest BCUT2D eigenvalue weighted by Gasteiger charge is 2.35. The van der Waals surface area contributed by atoms with Gasteiger partial charge in [-0.05, 0) is 45.4 Å². The molecule has 6 nitrogen and oxygen atoms in total. The zero-order valence-electron chi connectivity index (χ0n) is 16.0. The summed E-state index contributed by atoms with van der Waals surface area (Å²) in [7, 11) is 0. The third kappa shape index (κ3) is 7.35. The number of hydrogen-bond acceptors (Lipinski definition) is 6. The van der Waals surface area contributed by atoms with Gasteiger partial charge in [0.25, 0.3) is 0 Å². The van der Waals surface area contributed by atoms with Crippen molar-refractivity contribution in [3.8, 4) is 0 Å². The summed E-state index contributed by atoms with van der Waals surface area (Å²) in [5, 5.41) is 19.6. The summed E-state index contributed by atoms with van der Waals surface area (Å²) < 4.78 is 16.5. The molecular weight excluding hydrogens is 336 g/mol. The fraction of sp³-hybridized carbons (Fsp3) is 0.850. The monoisotopic (exact) mass is 370 g/mol. The summed E-state index contributed by atoms with van der Waals surface area (Å²) in [5.41, 5.74) is 0. The van der Waals surface area contributed by atoms with E-state index in [1.165, 1.54) is 25.3 Å². The van der Waals surface area contributed by atoms with E-state index in [0.29, 0.717) is 25.4 Å². The van der Waals surface area contributed by atoms with Gasteiger partial charge in [0, 0.05) is 12.5 Å². The van der Waals surface area contributed by atoms with Crippen LogP contribution < -0.4 is 0 Å². The van der Waals surface area contributed by atoms with Crippen molar-refractivity contribution in [1.82, 2.24) is 0 Å². The van der Waals surface area contributed by atoms with Crippen molar-refractivity contribution in [2.24, 2.45) is 5.92 Å². The number of carbonyl (C=O) groups is 1. The van der Waals surface area contributed by atoms with E-state index in [-0.39, 0.29) is 24.6 Å². The van der Waals surface area contributed by atoms with Crippen molar-refractivity contribution in [3.05, 3.63) is 12.2 Å². The van der Waals surface area contributed by atoms with Gasteiger partial charge >= 0.3 is 5.97 Å². The molecule has 2 fully saturated rings. The second kappa shape index (κ2) is 11.0. The minimum atomic E-state index is -0.825. The SMILES string of the molecule is C[C@H](CC/C=C/C(=O)OCC1CCCCC1)OC1O[C@@H](C)[C@H](O)C[C@H]1O. The molecule has 0 aromatic rings. The Hall–Kier alpha value is -0.950. The number of ether oxygens (including phenoxy) is 3. The molecule has 150 valence electrons. The molecule has 6 heteroatoms. The maximum Gasteiger partial charge on any atom is 0.330 e. The van der Waals surface area contributed by atoms with Crippen LogP contribution in [0, 0.1) is 5.92 Å². The maximum atomic E-state index is 11.7. The minimum absolute atomic E-state index is 0.125. The number of carbonyl (C=O) groups excluding carboxylic acids is 1. The Morgan fingerprint density at radius 2 is 1.96 bits per heavy atom. The number of aliphatic hydroxyl groups excluding tert-OH is 2. The Morgan fingerprint density at radius 1 is 1.23 bits per heavy atom. The Labute approximate surface area is 156 Å². The van der Waals surface area contributed by atoms with Gasteiger partial charge in [-0.15, -0.1) is 0 Å². The van der Waals surface area contributed by atoms with Crippen molar-refractivity contribution in [2.75, 3.05) is 6.61 Å². The lowest BCUT2D eigenvalue weighted by Gasteiger charge is -2.36. The lowest BCUT2D eigenvalue weighted by Crippen LogP contribution is -2.48. The van der Waals surface area contributed by atoms with Crippen LogP contribution in [0.15, 0.2) is 12.2 Å². The summed E-state index contributed by atoms with van der Waals surface area (Å²) in [6.07, 6.45) is 8.36. The molecule has 0 aromatic carbocycles. The number of esters is 1. The highest BCUT2D eigenvalue weighted by atomic mass is 16.7. The predicted molar refractivity (Wildman–Crippen MR) is 97.4 cm³/mol. The molecule has 1 heterocycles. The minimum Gasteiger partial charge on any atom is -0.462 e. The summed E-state index contributed by atoms with van der Waals surface area (Å²) in [5.74, 6) is 0.246. The Kier molecular flexibility index (Phi) is 9.05. The van der Waals surface area contributed by atoms with Gasteiger partial charge in [-0.3, -0.25) is 0 Å². The van der Waals surface area contributed by atoms with E-state index in [0.717, 1.165) is 12.8 Å². The standard InChI is InChI=1S/C20H34O6/c1-14(25-20-18(22)12-17(21)15(2)26-20)8-6-7-11-19(23)24-13-16-9-4-3-5-10-16/h7,11,14-18,20-22H,3-6,8-10,12-13H2,1-2H3/b11-7+/t14-,15+,17-,18-,20?/m1/s1. The molecule has 1 saturated carbocycles. The molecule has 1 aliphatic heterocycles. The summed E-state index contributed by atoms with van der Waals surface area (Å²) >= 11 is 0. The first kappa shape index (κ1) is 21.4. The number of hydrogen-bond donors (Lipinski definition) is 2. The summed E-state index contributed by atoms with van der Waals surface area (Å²) in [4.78, 5) is 11.7. The molecule has 1 saturated heterocycles. The highest BCUT2D eigenvalue weighted by molar-refractivity contribution is 5.81. The summed E-state index contributed by atoms with van der Waals surface area (Å²) in [6, 6.07) is 0. The Bertz CT molecular complexity index is 446. The van der Waals surface area contributed by atoms with Crippen molar-refractivity contribution in [3.63, 3.8) is 0 Å². The third-order valence-electron chi connectivity index (χ3n) is 5.23. The van der Waals surface area contributed by atoms with Gasteiger partial charge in [0.1, 0.15) is 6.10 Å². The first-order chi connectivity index (χ1) is 12.5. The van der Waals surface area contributed by atoms with Crippen molar-refractivity contribution < 1.29 is 29.2 Å². The molecule has 5 atom stereocenters. The van der Waals surface area contributed by atoms with Crippen LogP contribution in [0.4, 0.5) is 0 Å². The van der Waals surface area contributed by atoms with Crippen LogP contribution in [0.1, 0.15) is 65.2 Å². The average Bonchev–Trinajstić information content (AvgIpc) is 2.62. The summed E-state index contributed by atoms with van der Waals surface area (Å²) in [6.45, 7) is 4.20. The zero-order valence-corrected chi connectivity index (χ0v) is 16.0. The molecule has 2 aliphatic rings. The largest absolute Gasteiger partial charge is 0.462 e. The van der Waals surface area contributed by atoms with E-state index in [9.17, 15) is 15.0 Å². The van der Waals surface area contributed by atoms with Crippen LogP contribution in [0.25, 0.3) is 0 Å². The van der Waals surface area contributed by atoms with E-state index in [2.05, 4.69) is 0 Å². The molecule has 26 heavy (non-hydrogen) atoms. The van der Waals surface area contributed by atoms with Gasteiger partial charge in [0.2, 0.25) is 0 Å². The maximum absolute atomic E-state index is 11.7. The van der Waals surface area contributed by atoms with Crippen LogP contribution in [0.2, 0.25) is 0 Å². The number of rotatable bonds is 8. The predicted octanol–water partition coefficient (Wildman–Crippen LogP) is 2.71. The van der Waals surface area contributed by atoms with Gasteiger partial charge in [-0.2, -0.15) is 0 Å². The lowest BCUT2D eigenvalue weighted by atomic mass is 9.90. The topological polar surface area (TPSA) is 85.2 Å². The fourth-order valence-corrected chi connectivity index (χ4v) is 3.48. The lowest BCUT2D eigenvalue weighted by molar-refractivity contribution is -0.273. The van der Waals surface area contributed by atoms with Gasteiger partial charge in [0.15, 0.2) is 6.29 Å². The molecule has 0 radical (unpaired) electrons. The van der Waals surface area contributed by atoms with E-state index < -0.39 is 18.5 Å². The molecule has 2 N–H and O–H groups in total. The molecule has 0 bridgehead atoms. The van der Waals surface area contributed by atoms with Gasteiger partial charge in [-0.1, -0.05) is 25.3 Å². The molecule has 2 rings (SSSR count). The van der Waals surface area contributed by atoms with Gasteiger partial charge in [0.05, 0.1) is 24.9 Å². The average molecular weight is 370 g/mol.